The summed E-state index contributed by atoms with van der Waals surface area (Å²) in [6, 6.07) is 21.4. The van der Waals surface area contributed by atoms with Crippen LogP contribution in [-0.4, -0.2) is 23.4 Å². The highest BCUT2D eigenvalue weighted by Crippen LogP contribution is 2.29. The van der Waals surface area contributed by atoms with Crippen molar-refractivity contribution in [2.75, 3.05) is 13.2 Å². The number of rotatable bonds is 15. The van der Waals surface area contributed by atoms with Crippen molar-refractivity contribution in [2.24, 2.45) is 0 Å². The van der Waals surface area contributed by atoms with E-state index in [9.17, 15) is 5.11 Å². The third-order valence-corrected chi connectivity index (χ3v) is 6.11. The first-order chi connectivity index (χ1) is 14.7. The molecule has 164 valence electrons. The highest BCUT2D eigenvalue weighted by Gasteiger charge is 2.12. The second-order valence-electron chi connectivity index (χ2n) is 8.47. The van der Waals surface area contributed by atoms with Crippen molar-refractivity contribution in [3.63, 3.8) is 0 Å². The first kappa shape index (κ1) is 24.4. The molecule has 30 heavy (non-hydrogen) atoms. The topological polar surface area (TPSA) is 40.5 Å². The second-order valence-corrected chi connectivity index (χ2v) is 8.47. The molecule has 2 aromatic carbocycles. The first-order valence-electron chi connectivity index (χ1n) is 11.7. The predicted molar refractivity (Wildman–Crippen MR) is 128 cm³/mol. The van der Waals surface area contributed by atoms with Gasteiger partial charge in [0, 0.05) is 13.2 Å². The van der Waals surface area contributed by atoms with E-state index in [2.05, 4.69) is 73.7 Å². The highest BCUT2D eigenvalue weighted by atomic mass is 16.3. The maximum atomic E-state index is 9.42. The van der Waals surface area contributed by atoms with Crippen molar-refractivity contribution in [2.45, 2.75) is 76.5 Å². The van der Waals surface area contributed by atoms with Gasteiger partial charge in [0.15, 0.2) is 0 Å². The Bertz CT molecular complexity index is 693. The Morgan fingerprint density at radius 1 is 0.700 bits per heavy atom. The van der Waals surface area contributed by atoms with E-state index >= 15 is 0 Å². The van der Waals surface area contributed by atoms with E-state index in [-0.39, 0.29) is 6.61 Å². The number of hydrogen-bond acceptors (Lipinski definition) is 2. The molecule has 0 saturated carbocycles. The first-order valence-corrected chi connectivity index (χ1v) is 11.7. The molecule has 0 saturated heterocycles. The molecule has 2 aromatic rings. The third-order valence-electron chi connectivity index (χ3n) is 6.11. The fraction of sp³-hybridized carbons (Fsp3) is 0.500. The van der Waals surface area contributed by atoms with Gasteiger partial charge in [-0.15, -0.1) is 0 Å². The summed E-state index contributed by atoms with van der Waals surface area (Å²) in [5, 5.41) is 18.5. The maximum Gasteiger partial charge on any atom is 0.0436 e. The van der Waals surface area contributed by atoms with Crippen LogP contribution in [0.2, 0.25) is 0 Å². The predicted octanol–water partition coefficient (Wildman–Crippen LogP) is 7.00. The molecule has 0 aliphatic heterocycles. The lowest BCUT2D eigenvalue weighted by Gasteiger charge is -2.17. The summed E-state index contributed by atoms with van der Waals surface area (Å²) in [6.07, 6.45) is 12.1. The quantitative estimate of drug-likeness (QED) is 0.246. The van der Waals surface area contributed by atoms with Crippen molar-refractivity contribution < 1.29 is 10.2 Å². The van der Waals surface area contributed by atoms with Gasteiger partial charge in [-0.3, -0.25) is 0 Å². The minimum atomic E-state index is 0.255. The Morgan fingerprint density at radius 3 is 1.83 bits per heavy atom. The average Bonchev–Trinajstić information content (AvgIpc) is 2.79. The van der Waals surface area contributed by atoms with Crippen LogP contribution in [0.25, 0.3) is 0 Å². The van der Waals surface area contributed by atoms with Crippen LogP contribution in [0.4, 0.5) is 0 Å². The molecule has 2 rings (SSSR count). The van der Waals surface area contributed by atoms with Crippen molar-refractivity contribution in [1.29, 1.82) is 0 Å². The van der Waals surface area contributed by atoms with Gasteiger partial charge in [0.05, 0.1) is 0 Å². The molecule has 0 radical (unpaired) electrons. The molecule has 0 spiro atoms. The number of aliphatic hydroxyl groups is 2. The van der Waals surface area contributed by atoms with Crippen LogP contribution in [0, 0.1) is 0 Å². The van der Waals surface area contributed by atoms with Gasteiger partial charge in [0.2, 0.25) is 0 Å². The summed E-state index contributed by atoms with van der Waals surface area (Å²) in [4.78, 5) is 0. The summed E-state index contributed by atoms with van der Waals surface area (Å²) in [5.74, 6) is 1.03. The van der Waals surface area contributed by atoms with E-state index in [4.69, 9.17) is 5.11 Å². The summed E-state index contributed by atoms with van der Waals surface area (Å²) in [6.45, 7) is 2.80. The van der Waals surface area contributed by atoms with Crippen molar-refractivity contribution in [3.05, 3.63) is 83.4 Å². The standard InChI is InChI=1S/C28H40O2/c1-24(13-11-20-28(21-23-30)26-16-6-3-7-17-26)12-10-19-27(18-8-9-22-29)25-14-4-2-5-15-25/h2-7,12,14-17,27-30H,8-11,13,18-23H2,1H3/b24-12+. The Balaban J connectivity index is 1.79. The molecule has 2 unspecified atom stereocenters. The van der Waals surface area contributed by atoms with Gasteiger partial charge in [-0.2, -0.15) is 0 Å². The van der Waals surface area contributed by atoms with Gasteiger partial charge >= 0.3 is 0 Å². The van der Waals surface area contributed by atoms with Gasteiger partial charge in [0.25, 0.3) is 0 Å². The highest BCUT2D eigenvalue weighted by molar-refractivity contribution is 5.20. The zero-order chi connectivity index (χ0) is 21.4. The van der Waals surface area contributed by atoms with E-state index in [0.717, 1.165) is 44.9 Å². The minimum Gasteiger partial charge on any atom is -0.396 e. The zero-order valence-electron chi connectivity index (χ0n) is 18.7. The van der Waals surface area contributed by atoms with Gasteiger partial charge in [0.1, 0.15) is 0 Å². The Labute approximate surface area is 183 Å². The van der Waals surface area contributed by atoms with E-state index < -0.39 is 0 Å². The van der Waals surface area contributed by atoms with Crippen LogP contribution in [0.1, 0.15) is 87.7 Å². The second kappa shape index (κ2) is 15.0. The van der Waals surface area contributed by atoms with Gasteiger partial charge in [-0.25, -0.2) is 0 Å². The summed E-state index contributed by atoms with van der Waals surface area (Å²) >= 11 is 0. The molecule has 0 bridgehead atoms. The van der Waals surface area contributed by atoms with E-state index in [0.29, 0.717) is 18.4 Å². The molecular weight excluding hydrogens is 368 g/mol. The van der Waals surface area contributed by atoms with Crippen LogP contribution in [0.15, 0.2) is 72.3 Å². The number of allylic oxidation sites excluding steroid dienone is 2. The van der Waals surface area contributed by atoms with Crippen LogP contribution in [0.5, 0.6) is 0 Å². The Kier molecular flexibility index (Phi) is 12.2. The molecule has 2 nitrogen and oxygen atoms in total. The summed E-state index contributed by atoms with van der Waals surface area (Å²) in [5.41, 5.74) is 4.26. The molecule has 0 aliphatic rings. The van der Waals surface area contributed by atoms with Gasteiger partial charge in [-0.1, -0.05) is 78.7 Å². The van der Waals surface area contributed by atoms with Crippen molar-refractivity contribution in [1.82, 2.24) is 0 Å². The normalized spacial score (nSPS) is 13.9. The molecule has 2 atom stereocenters. The molecule has 0 fully saturated rings. The number of aliphatic hydroxyl groups excluding tert-OH is 2. The molecule has 2 N–H and O–H groups in total. The molecule has 0 heterocycles. The van der Waals surface area contributed by atoms with Crippen LogP contribution < -0.4 is 0 Å². The van der Waals surface area contributed by atoms with Crippen LogP contribution in [-0.2, 0) is 0 Å². The molecule has 0 aromatic heterocycles. The van der Waals surface area contributed by atoms with Crippen molar-refractivity contribution in [3.8, 4) is 0 Å². The van der Waals surface area contributed by atoms with Gasteiger partial charge in [-0.05, 0) is 81.3 Å². The van der Waals surface area contributed by atoms with Gasteiger partial charge < -0.3 is 10.2 Å². The van der Waals surface area contributed by atoms with Crippen LogP contribution >= 0.6 is 0 Å². The molecule has 0 amide bonds. The smallest absolute Gasteiger partial charge is 0.0436 e. The monoisotopic (exact) mass is 408 g/mol. The molecular formula is C28H40O2. The largest absolute Gasteiger partial charge is 0.396 e. The molecule has 0 aliphatic carbocycles. The number of hydrogen-bond donors (Lipinski definition) is 2. The summed E-state index contributed by atoms with van der Waals surface area (Å²) in [7, 11) is 0. The Hall–Kier alpha value is -1.90. The van der Waals surface area contributed by atoms with E-state index in [1.807, 2.05) is 0 Å². The Morgan fingerprint density at radius 2 is 1.27 bits per heavy atom. The fourth-order valence-electron chi connectivity index (χ4n) is 4.32. The average molecular weight is 409 g/mol. The minimum absolute atomic E-state index is 0.255. The SMILES string of the molecule is C/C(=C\CCC(CCCCO)c1ccccc1)CCCC(CCO)c1ccccc1. The third kappa shape index (κ3) is 9.28. The lowest BCUT2D eigenvalue weighted by Crippen LogP contribution is -2.02. The number of benzene rings is 2. The van der Waals surface area contributed by atoms with E-state index in [1.54, 1.807) is 0 Å². The molecule has 2 heteroatoms. The fourth-order valence-corrected chi connectivity index (χ4v) is 4.32. The van der Waals surface area contributed by atoms with Crippen LogP contribution in [0.3, 0.4) is 0 Å². The van der Waals surface area contributed by atoms with E-state index in [1.165, 1.54) is 29.5 Å². The zero-order valence-corrected chi connectivity index (χ0v) is 18.7. The lowest BCUT2D eigenvalue weighted by molar-refractivity contribution is 0.272. The lowest BCUT2D eigenvalue weighted by atomic mass is 9.88. The summed E-state index contributed by atoms with van der Waals surface area (Å²) < 4.78 is 0. The van der Waals surface area contributed by atoms with Crippen molar-refractivity contribution >= 4 is 0 Å². The number of unbranched alkanes of at least 4 members (excludes halogenated alkanes) is 1. The maximum absolute atomic E-state index is 9.42.